The van der Waals surface area contributed by atoms with Gasteiger partial charge in [0.2, 0.25) is 0 Å². The first kappa shape index (κ1) is 27.3. The van der Waals surface area contributed by atoms with Gasteiger partial charge in [-0.25, -0.2) is 0 Å². The second-order valence-corrected chi connectivity index (χ2v) is 12.2. The van der Waals surface area contributed by atoms with Crippen LogP contribution in [0.15, 0.2) is 140 Å². The first-order valence-electron chi connectivity index (χ1n) is 16.1. The summed E-state index contributed by atoms with van der Waals surface area (Å²) in [6.45, 7) is 10.6. The van der Waals surface area contributed by atoms with Gasteiger partial charge in [-0.1, -0.05) is 85.5 Å². The predicted molar refractivity (Wildman–Crippen MR) is 197 cm³/mol. The van der Waals surface area contributed by atoms with Gasteiger partial charge in [0.15, 0.2) is 0 Å². The molecule has 5 aromatic heterocycles. The highest BCUT2D eigenvalue weighted by Crippen LogP contribution is 2.42. The van der Waals surface area contributed by atoms with E-state index in [1.165, 1.54) is 22.0 Å². The normalized spacial score (nSPS) is 12.4. The van der Waals surface area contributed by atoms with Gasteiger partial charge in [-0.15, -0.1) is 0 Å². The summed E-state index contributed by atoms with van der Waals surface area (Å²) in [7, 11) is 0. The van der Waals surface area contributed by atoms with Crippen LogP contribution in [0.2, 0.25) is 0 Å². The highest BCUT2D eigenvalue weighted by atomic mass is 15.2. The number of pyridine rings is 1. The fourth-order valence-electron chi connectivity index (χ4n) is 7.50. The quantitative estimate of drug-likeness (QED) is 0.179. The zero-order valence-corrected chi connectivity index (χ0v) is 26.6. The SMILES string of the molecule is C=C/C(=C\C)n1c(-n2c3ccccc3c3cnc4c5ccccc5n(-c5cc6ccccc6n5-c5ccccc5)c4c32)cc(C)c1C. The van der Waals surface area contributed by atoms with Crippen molar-refractivity contribution in [3.63, 3.8) is 0 Å². The maximum atomic E-state index is 5.23. The summed E-state index contributed by atoms with van der Waals surface area (Å²) in [4.78, 5) is 5.23. The van der Waals surface area contributed by atoms with Gasteiger partial charge >= 0.3 is 0 Å². The summed E-state index contributed by atoms with van der Waals surface area (Å²) in [5.41, 5.74) is 11.1. The average Bonchev–Trinajstić information content (AvgIpc) is 3.84. The molecule has 5 heterocycles. The van der Waals surface area contributed by atoms with Crippen LogP contribution in [-0.4, -0.2) is 23.3 Å². The van der Waals surface area contributed by atoms with Crippen LogP contribution < -0.4 is 0 Å². The molecule has 226 valence electrons. The fourth-order valence-corrected chi connectivity index (χ4v) is 7.50. The molecule has 5 heteroatoms. The number of fused-ring (bicyclic) bond motifs is 8. The van der Waals surface area contributed by atoms with Crippen LogP contribution in [0.25, 0.3) is 77.7 Å². The van der Waals surface area contributed by atoms with Crippen LogP contribution in [0, 0.1) is 13.8 Å². The number of hydrogen-bond donors (Lipinski definition) is 0. The van der Waals surface area contributed by atoms with E-state index in [1.807, 2.05) is 6.08 Å². The van der Waals surface area contributed by atoms with E-state index in [-0.39, 0.29) is 0 Å². The van der Waals surface area contributed by atoms with Crippen molar-refractivity contribution in [1.29, 1.82) is 0 Å². The first-order valence-corrected chi connectivity index (χ1v) is 16.1. The van der Waals surface area contributed by atoms with Crippen molar-refractivity contribution < 1.29 is 0 Å². The molecule has 0 aliphatic heterocycles. The van der Waals surface area contributed by atoms with Gasteiger partial charge in [0.1, 0.15) is 11.6 Å². The molecule has 0 unspecified atom stereocenters. The highest BCUT2D eigenvalue weighted by Gasteiger charge is 2.26. The number of rotatable bonds is 5. The summed E-state index contributed by atoms with van der Waals surface area (Å²) in [5.74, 6) is 2.14. The Morgan fingerprint density at radius 3 is 2.02 bits per heavy atom. The van der Waals surface area contributed by atoms with E-state index in [0.717, 1.165) is 66.9 Å². The van der Waals surface area contributed by atoms with Crippen LogP contribution in [0.3, 0.4) is 0 Å². The fraction of sp³-hybridized carbons (Fsp3) is 0.0714. The summed E-state index contributed by atoms with van der Waals surface area (Å²) >= 11 is 0. The van der Waals surface area contributed by atoms with E-state index in [1.54, 1.807) is 0 Å². The first-order chi connectivity index (χ1) is 23.1. The Hall–Kier alpha value is -6.07. The van der Waals surface area contributed by atoms with Crippen molar-refractivity contribution in [2.45, 2.75) is 20.8 Å². The number of aromatic nitrogens is 5. The van der Waals surface area contributed by atoms with E-state index in [9.17, 15) is 0 Å². The Kier molecular flexibility index (Phi) is 5.93. The molecule has 47 heavy (non-hydrogen) atoms. The zero-order chi connectivity index (χ0) is 31.8. The molecule has 0 aliphatic rings. The van der Waals surface area contributed by atoms with Gasteiger partial charge < -0.3 is 4.57 Å². The Morgan fingerprint density at radius 1 is 0.638 bits per heavy atom. The van der Waals surface area contributed by atoms with Crippen molar-refractivity contribution in [3.8, 4) is 17.3 Å². The lowest BCUT2D eigenvalue weighted by Gasteiger charge is -2.17. The van der Waals surface area contributed by atoms with Gasteiger partial charge in [-0.3, -0.25) is 18.7 Å². The Balaban J connectivity index is 1.54. The summed E-state index contributed by atoms with van der Waals surface area (Å²) in [6, 6.07) is 41.2. The van der Waals surface area contributed by atoms with Gasteiger partial charge in [-0.05, 0) is 74.9 Å². The molecule has 0 saturated carbocycles. The van der Waals surface area contributed by atoms with E-state index in [0.29, 0.717) is 0 Å². The summed E-state index contributed by atoms with van der Waals surface area (Å²) in [5, 5.41) is 4.58. The molecule has 0 atom stereocenters. The van der Waals surface area contributed by atoms with Gasteiger partial charge in [0.25, 0.3) is 0 Å². The number of para-hydroxylation sites is 4. The number of hydrogen-bond acceptors (Lipinski definition) is 1. The zero-order valence-electron chi connectivity index (χ0n) is 26.6. The lowest BCUT2D eigenvalue weighted by Crippen LogP contribution is -2.08. The summed E-state index contributed by atoms with van der Waals surface area (Å²) < 4.78 is 9.57. The van der Waals surface area contributed by atoms with Gasteiger partial charge in [0, 0.05) is 44.8 Å². The second kappa shape index (κ2) is 10.2. The van der Waals surface area contributed by atoms with Crippen molar-refractivity contribution in [3.05, 3.63) is 151 Å². The molecule has 0 fully saturated rings. The van der Waals surface area contributed by atoms with Crippen molar-refractivity contribution in [2.75, 3.05) is 0 Å². The molecule has 0 aliphatic carbocycles. The standard InChI is InChI=1S/C42H33N5/c1-5-30(6-2)44-28(4)27(3)24-38(44)46-36-22-14-11-19-32(36)34-26-43-40-33-20-12-15-23-37(33)47(42(40)41(34)46)39-25-29-16-10-13-21-35(29)45(39)31-17-8-7-9-18-31/h5-26H,1H2,2-4H3/b30-6+. The molecule has 0 saturated heterocycles. The van der Waals surface area contributed by atoms with Crippen LogP contribution in [0.5, 0.6) is 0 Å². The monoisotopic (exact) mass is 607 g/mol. The molecule has 0 spiro atoms. The van der Waals surface area contributed by atoms with E-state index < -0.39 is 0 Å². The third-order valence-corrected chi connectivity index (χ3v) is 9.72. The van der Waals surface area contributed by atoms with Gasteiger partial charge in [-0.2, -0.15) is 0 Å². The van der Waals surface area contributed by atoms with Crippen molar-refractivity contribution in [1.82, 2.24) is 23.3 Å². The Labute approximate surface area is 272 Å². The second-order valence-electron chi connectivity index (χ2n) is 12.2. The Bertz CT molecular complexity index is 2730. The minimum Gasteiger partial charge on any atom is -0.300 e. The third kappa shape index (κ3) is 3.74. The van der Waals surface area contributed by atoms with Crippen LogP contribution in [-0.2, 0) is 0 Å². The topological polar surface area (TPSA) is 32.6 Å². The molecule has 5 nitrogen and oxygen atoms in total. The molecule has 0 N–H and O–H groups in total. The van der Waals surface area contributed by atoms with Crippen LogP contribution in [0.4, 0.5) is 0 Å². The van der Waals surface area contributed by atoms with Crippen LogP contribution in [0.1, 0.15) is 18.2 Å². The molecule has 9 aromatic rings. The molecule has 0 bridgehead atoms. The van der Waals surface area contributed by atoms with Crippen LogP contribution >= 0.6 is 0 Å². The summed E-state index contributed by atoms with van der Waals surface area (Å²) in [6.07, 6.45) is 6.14. The maximum absolute atomic E-state index is 5.23. The number of nitrogens with zero attached hydrogens (tertiary/aromatic N) is 5. The van der Waals surface area contributed by atoms with Crippen molar-refractivity contribution in [2.24, 2.45) is 0 Å². The smallest absolute Gasteiger partial charge is 0.123 e. The molecule has 0 radical (unpaired) electrons. The van der Waals surface area contributed by atoms with E-state index in [4.69, 9.17) is 4.98 Å². The molecule has 9 rings (SSSR count). The number of allylic oxidation sites excluding steroid dienone is 3. The van der Waals surface area contributed by atoms with E-state index >= 15 is 0 Å². The maximum Gasteiger partial charge on any atom is 0.123 e. The molecule has 4 aromatic carbocycles. The van der Waals surface area contributed by atoms with Gasteiger partial charge in [0.05, 0.1) is 33.1 Å². The third-order valence-electron chi connectivity index (χ3n) is 9.72. The lowest BCUT2D eigenvalue weighted by atomic mass is 10.2. The largest absolute Gasteiger partial charge is 0.300 e. The Morgan fingerprint density at radius 2 is 1.28 bits per heavy atom. The highest BCUT2D eigenvalue weighted by molar-refractivity contribution is 6.22. The lowest BCUT2D eigenvalue weighted by molar-refractivity contribution is 0.958. The predicted octanol–water partition coefficient (Wildman–Crippen LogP) is 10.7. The minimum atomic E-state index is 0.976. The molecular weight excluding hydrogens is 574 g/mol. The minimum absolute atomic E-state index is 0.976. The molecular formula is C42H33N5. The van der Waals surface area contributed by atoms with Crippen molar-refractivity contribution >= 4 is 60.3 Å². The average molecular weight is 608 g/mol. The molecule has 0 amide bonds. The number of benzene rings is 4. The number of aryl methyl sites for hydroxylation is 1. The van der Waals surface area contributed by atoms with E-state index in [2.05, 4.69) is 173 Å².